The highest BCUT2D eigenvalue weighted by molar-refractivity contribution is 6.74. The van der Waals surface area contributed by atoms with Crippen molar-refractivity contribution in [2.75, 3.05) is 0 Å². The van der Waals surface area contributed by atoms with E-state index in [-0.39, 0.29) is 33.3 Å². The zero-order valence-corrected chi connectivity index (χ0v) is 28.1. The molecule has 7 rings (SSSR count). The standard InChI is InChI=1S/C32H35ClF2N8O2Si/c1-31(2,3)46(4,5)45-32(11-12-32)24-15-18(10-13-36-24)28-29(35)39-30(38-28)23-8-6-20-14-19(16-25(44)43(20)23)26-22(42-17-37-40-41-42)9-7-21(33)27(26)34/h7,9-10,13,15-17,20,23H,6,8,11-12,14H2,1-5H3,(H,38,39)/t20-,23?/m1/s1. The maximum Gasteiger partial charge on any atom is 0.247 e. The fraction of sp³-hybridized carbons (Fsp3) is 0.438. The second-order valence-corrected chi connectivity index (χ2v) is 19.1. The predicted molar refractivity (Wildman–Crippen MR) is 170 cm³/mol. The first kappa shape index (κ1) is 30.8. The van der Waals surface area contributed by atoms with E-state index in [1.807, 2.05) is 6.07 Å². The second kappa shape index (κ2) is 10.9. The first-order valence-electron chi connectivity index (χ1n) is 15.4. The van der Waals surface area contributed by atoms with Gasteiger partial charge in [0, 0.05) is 29.4 Å². The number of nitrogens with one attached hydrogen (secondary N) is 1. The van der Waals surface area contributed by atoms with Crippen LogP contribution in [0.25, 0.3) is 22.5 Å². The average Bonchev–Trinajstić information content (AvgIpc) is 3.35. The van der Waals surface area contributed by atoms with E-state index in [1.165, 1.54) is 23.2 Å². The minimum atomic E-state index is -2.07. The lowest BCUT2D eigenvalue weighted by Crippen LogP contribution is -2.44. The summed E-state index contributed by atoms with van der Waals surface area (Å²) in [6.45, 7) is 11.1. The third-order valence-corrected chi connectivity index (χ3v) is 14.8. The minimum Gasteiger partial charge on any atom is -0.406 e. The largest absolute Gasteiger partial charge is 0.406 e. The normalized spacial score (nSPS) is 21.0. The molecule has 0 spiro atoms. The molecule has 10 nitrogen and oxygen atoms in total. The van der Waals surface area contributed by atoms with Gasteiger partial charge in [-0.15, -0.1) is 5.10 Å². The lowest BCUT2D eigenvalue weighted by Gasteiger charge is -2.39. The predicted octanol–water partition coefficient (Wildman–Crippen LogP) is 6.91. The van der Waals surface area contributed by atoms with Crippen molar-refractivity contribution in [1.29, 1.82) is 0 Å². The van der Waals surface area contributed by atoms with E-state index in [0.29, 0.717) is 41.9 Å². The lowest BCUT2D eigenvalue weighted by molar-refractivity contribution is -0.129. The van der Waals surface area contributed by atoms with Crippen molar-refractivity contribution in [1.82, 2.24) is 40.1 Å². The smallest absolute Gasteiger partial charge is 0.247 e. The van der Waals surface area contributed by atoms with E-state index >= 15 is 8.78 Å². The van der Waals surface area contributed by atoms with Gasteiger partial charge in [0.05, 0.1) is 28.0 Å². The number of nitrogens with zero attached hydrogens (tertiary/aromatic N) is 7. The van der Waals surface area contributed by atoms with Crippen molar-refractivity contribution in [3.8, 4) is 16.9 Å². The Balaban J connectivity index is 1.16. The summed E-state index contributed by atoms with van der Waals surface area (Å²) < 4.78 is 39.1. The number of H-pyrrole nitrogens is 1. The Morgan fingerprint density at radius 2 is 1.93 bits per heavy atom. The third kappa shape index (κ3) is 5.18. The van der Waals surface area contributed by atoms with E-state index in [9.17, 15) is 4.79 Å². The zero-order valence-electron chi connectivity index (χ0n) is 26.3. The van der Waals surface area contributed by atoms with Crippen LogP contribution in [0.4, 0.5) is 8.78 Å². The number of rotatable bonds is 7. The van der Waals surface area contributed by atoms with Gasteiger partial charge in [-0.1, -0.05) is 32.4 Å². The molecule has 4 aromatic rings. The van der Waals surface area contributed by atoms with Gasteiger partial charge in [0.15, 0.2) is 14.1 Å². The van der Waals surface area contributed by atoms with Gasteiger partial charge in [-0.2, -0.15) is 9.07 Å². The van der Waals surface area contributed by atoms with Gasteiger partial charge in [0.2, 0.25) is 11.9 Å². The van der Waals surface area contributed by atoms with Crippen LogP contribution >= 0.6 is 11.6 Å². The molecule has 1 saturated heterocycles. The molecular formula is C32H35ClF2N8O2Si. The van der Waals surface area contributed by atoms with Crippen LogP contribution in [0.5, 0.6) is 0 Å². The van der Waals surface area contributed by atoms with E-state index in [0.717, 1.165) is 18.5 Å². The number of benzene rings is 1. The Hall–Kier alpha value is -3.81. The molecule has 1 N–H and O–H groups in total. The van der Waals surface area contributed by atoms with E-state index in [1.54, 1.807) is 23.2 Å². The van der Waals surface area contributed by atoms with Crippen molar-refractivity contribution >= 4 is 31.4 Å². The topological polar surface area (TPSA) is 115 Å². The maximum absolute atomic E-state index is 15.5. The fourth-order valence-electron chi connectivity index (χ4n) is 6.42. The minimum absolute atomic E-state index is 0.0465. The van der Waals surface area contributed by atoms with Gasteiger partial charge in [0.25, 0.3) is 0 Å². The quantitative estimate of drug-likeness (QED) is 0.214. The number of carbonyl (C=O) groups is 1. The summed E-state index contributed by atoms with van der Waals surface area (Å²) in [6.07, 6.45) is 7.81. The number of imidazole rings is 1. The maximum atomic E-state index is 15.5. The number of hydrogen-bond acceptors (Lipinski definition) is 7. The van der Waals surface area contributed by atoms with Crippen LogP contribution in [-0.2, 0) is 14.8 Å². The van der Waals surface area contributed by atoms with Crippen LogP contribution in [0, 0.1) is 11.8 Å². The van der Waals surface area contributed by atoms with Gasteiger partial charge in [-0.25, -0.2) is 9.37 Å². The number of carbonyl (C=O) groups excluding carboxylic acids is 1. The number of hydrogen-bond donors (Lipinski definition) is 1. The molecule has 14 heteroatoms. The molecule has 1 aliphatic carbocycles. The summed E-state index contributed by atoms with van der Waals surface area (Å²) in [5, 5.41) is 11.2. The molecule has 2 fully saturated rings. The number of tetrazole rings is 1. The first-order chi connectivity index (χ1) is 21.8. The van der Waals surface area contributed by atoms with E-state index in [4.69, 9.17) is 16.0 Å². The Labute approximate surface area is 271 Å². The fourth-order valence-corrected chi connectivity index (χ4v) is 8.17. The Morgan fingerprint density at radius 3 is 2.63 bits per heavy atom. The Kier molecular flexibility index (Phi) is 7.29. The molecule has 0 bridgehead atoms. The van der Waals surface area contributed by atoms with Crippen LogP contribution in [0.1, 0.15) is 76.0 Å². The van der Waals surface area contributed by atoms with Crippen molar-refractivity contribution in [2.45, 2.75) is 88.7 Å². The number of aromatic amines is 1. The van der Waals surface area contributed by atoms with Crippen LogP contribution in [0.15, 0.2) is 42.9 Å². The summed E-state index contributed by atoms with van der Waals surface area (Å²) in [5.41, 5.74) is 2.28. The van der Waals surface area contributed by atoms with Gasteiger partial charge in [0.1, 0.15) is 17.8 Å². The summed E-state index contributed by atoms with van der Waals surface area (Å²) in [7, 11) is -2.07. The summed E-state index contributed by atoms with van der Waals surface area (Å²) in [5.74, 6) is -1.22. The van der Waals surface area contributed by atoms with Crippen LogP contribution in [0.3, 0.4) is 0 Å². The van der Waals surface area contributed by atoms with Crippen molar-refractivity contribution in [3.05, 3.63) is 76.7 Å². The highest BCUT2D eigenvalue weighted by Crippen LogP contribution is 2.54. The van der Waals surface area contributed by atoms with Crippen molar-refractivity contribution in [2.24, 2.45) is 0 Å². The van der Waals surface area contributed by atoms with E-state index < -0.39 is 31.7 Å². The van der Waals surface area contributed by atoms with Crippen LogP contribution < -0.4 is 0 Å². The highest BCUT2D eigenvalue weighted by atomic mass is 35.5. The molecule has 240 valence electrons. The van der Waals surface area contributed by atoms with Gasteiger partial charge >= 0.3 is 0 Å². The summed E-state index contributed by atoms with van der Waals surface area (Å²) in [6, 6.07) is 6.01. The number of amides is 1. The van der Waals surface area contributed by atoms with Gasteiger partial charge in [-0.3, -0.25) is 9.78 Å². The molecule has 0 radical (unpaired) electrons. The molecule has 1 amide bonds. The number of aromatic nitrogens is 7. The Morgan fingerprint density at radius 1 is 1.15 bits per heavy atom. The zero-order chi connectivity index (χ0) is 32.6. The molecule has 3 aliphatic rings. The SMILES string of the molecule is CC(C)(C)[Si](C)(C)OC1(c2cc(-c3[nH]c(C4CC[C@@H]5CC(c6c(-n7cnnn7)ccc(Cl)c6F)=CC(=O)N45)nc3F)ccn2)CC1. The molecule has 5 heterocycles. The average molecular weight is 665 g/mol. The van der Waals surface area contributed by atoms with Crippen molar-refractivity contribution < 1.29 is 18.0 Å². The summed E-state index contributed by atoms with van der Waals surface area (Å²) >= 11 is 6.15. The molecule has 46 heavy (non-hydrogen) atoms. The molecular weight excluding hydrogens is 630 g/mol. The summed E-state index contributed by atoms with van der Waals surface area (Å²) in [4.78, 5) is 27.4. The molecule has 2 atom stereocenters. The number of halogens is 3. The number of pyridine rings is 1. The van der Waals surface area contributed by atoms with Crippen LogP contribution in [-0.4, -0.2) is 60.3 Å². The van der Waals surface area contributed by atoms with Crippen molar-refractivity contribution in [3.63, 3.8) is 0 Å². The third-order valence-electron chi connectivity index (χ3n) is 9.97. The molecule has 1 unspecified atom stereocenters. The molecule has 1 aromatic carbocycles. The monoisotopic (exact) mass is 664 g/mol. The van der Waals surface area contributed by atoms with Crippen LogP contribution in [0.2, 0.25) is 23.2 Å². The molecule has 3 aromatic heterocycles. The van der Waals surface area contributed by atoms with Gasteiger partial charge < -0.3 is 14.3 Å². The lowest BCUT2D eigenvalue weighted by atomic mass is 9.92. The molecule has 1 saturated carbocycles. The number of fused-ring (bicyclic) bond motifs is 1. The van der Waals surface area contributed by atoms with E-state index in [2.05, 4.69) is 64.3 Å². The highest BCUT2D eigenvalue weighted by Gasteiger charge is 2.53. The Bertz CT molecular complexity index is 1870. The van der Waals surface area contributed by atoms with Gasteiger partial charge in [-0.05, 0) is 90.5 Å². The second-order valence-electron chi connectivity index (χ2n) is 14.0. The first-order valence-corrected chi connectivity index (χ1v) is 18.7. The molecule has 2 aliphatic heterocycles.